The Morgan fingerprint density at radius 2 is 2.06 bits per heavy atom. The summed E-state index contributed by atoms with van der Waals surface area (Å²) in [6.07, 6.45) is 15.2. The molecule has 1 heterocycles. The smallest absolute Gasteiger partial charge is 0.224 e. The predicted octanol–water partition coefficient (Wildman–Crippen LogP) is 6.00. The number of halogens is 1. The van der Waals surface area contributed by atoms with Crippen LogP contribution < -0.4 is 5.32 Å². The van der Waals surface area contributed by atoms with Crippen molar-refractivity contribution in [2.75, 3.05) is 6.61 Å². The van der Waals surface area contributed by atoms with Crippen LogP contribution in [0.15, 0.2) is 48.5 Å². The molecular formula is C27H42FNO3. The van der Waals surface area contributed by atoms with Crippen molar-refractivity contribution in [1.82, 2.24) is 5.32 Å². The van der Waals surface area contributed by atoms with Gasteiger partial charge in [0.15, 0.2) is 0 Å². The second-order valence-electron chi connectivity index (χ2n) is 9.44. The second-order valence-corrected chi connectivity index (χ2v) is 9.44. The topological polar surface area (TPSA) is 58.6 Å². The molecule has 1 aliphatic carbocycles. The fourth-order valence-electron chi connectivity index (χ4n) is 5.41. The van der Waals surface area contributed by atoms with E-state index in [0.717, 1.165) is 25.9 Å². The Labute approximate surface area is 193 Å². The minimum absolute atomic E-state index is 0.135. The Balaban J connectivity index is 1.88. The minimum Gasteiger partial charge on any atom is -0.393 e. The number of carbonyl (C=O) groups is 1. The molecule has 0 aromatic carbocycles. The summed E-state index contributed by atoms with van der Waals surface area (Å²) >= 11 is 0. The van der Waals surface area contributed by atoms with E-state index in [1.165, 1.54) is 38.5 Å². The minimum atomic E-state index is -0.486. The van der Waals surface area contributed by atoms with Gasteiger partial charge in [0.2, 0.25) is 5.91 Å². The molecule has 1 amide bonds. The summed E-state index contributed by atoms with van der Waals surface area (Å²) < 4.78 is 18.9. The molecule has 2 N–H and O–H groups in total. The number of carbonyl (C=O) groups excluding carboxylic acids is 1. The van der Waals surface area contributed by atoms with Crippen LogP contribution in [0.4, 0.5) is 4.39 Å². The number of nitrogens with one attached hydrogen (secondary N) is 1. The van der Waals surface area contributed by atoms with E-state index in [4.69, 9.17) is 4.74 Å². The van der Waals surface area contributed by atoms with Crippen LogP contribution >= 0.6 is 0 Å². The fourth-order valence-corrected chi connectivity index (χ4v) is 5.41. The number of aliphatic hydroxyl groups excluding tert-OH is 1. The van der Waals surface area contributed by atoms with Gasteiger partial charge in [-0.15, -0.1) is 0 Å². The van der Waals surface area contributed by atoms with Gasteiger partial charge in [-0.25, -0.2) is 4.39 Å². The molecule has 5 heteroatoms. The summed E-state index contributed by atoms with van der Waals surface area (Å²) in [4.78, 5) is 12.3. The molecular weight excluding hydrogens is 405 g/mol. The molecule has 2 rings (SSSR count). The van der Waals surface area contributed by atoms with E-state index < -0.39 is 6.10 Å². The number of rotatable bonds is 10. The first-order valence-electron chi connectivity index (χ1n) is 12.3. The third kappa shape index (κ3) is 8.32. The normalized spacial score (nSPS) is 29.2. The van der Waals surface area contributed by atoms with Crippen LogP contribution in [0.3, 0.4) is 0 Å². The summed E-state index contributed by atoms with van der Waals surface area (Å²) in [5, 5.41) is 13.7. The molecule has 4 nitrogen and oxygen atoms in total. The van der Waals surface area contributed by atoms with Gasteiger partial charge in [-0.1, -0.05) is 44.9 Å². The number of amides is 1. The van der Waals surface area contributed by atoms with Crippen LogP contribution in [0.25, 0.3) is 0 Å². The Bertz CT molecular complexity index is 695. The Kier molecular flexibility index (Phi) is 11.4. The van der Waals surface area contributed by atoms with E-state index in [2.05, 4.69) is 25.7 Å². The Morgan fingerprint density at radius 3 is 2.75 bits per heavy atom. The highest BCUT2D eigenvalue weighted by atomic mass is 19.1. The van der Waals surface area contributed by atoms with Gasteiger partial charge in [0.1, 0.15) is 0 Å². The summed E-state index contributed by atoms with van der Waals surface area (Å²) in [7, 11) is 0. The zero-order valence-electron chi connectivity index (χ0n) is 20.1. The van der Waals surface area contributed by atoms with Gasteiger partial charge in [-0.2, -0.15) is 0 Å². The van der Waals surface area contributed by atoms with Crippen LogP contribution in [-0.2, 0) is 9.53 Å². The van der Waals surface area contributed by atoms with Crippen molar-refractivity contribution in [3.05, 3.63) is 48.5 Å². The number of aliphatic hydroxyl groups is 1. The van der Waals surface area contributed by atoms with E-state index in [1.54, 1.807) is 18.2 Å². The van der Waals surface area contributed by atoms with E-state index in [0.29, 0.717) is 35.9 Å². The Morgan fingerprint density at radius 1 is 1.28 bits per heavy atom. The van der Waals surface area contributed by atoms with E-state index in [1.807, 2.05) is 0 Å². The maximum absolute atomic E-state index is 12.8. The maximum Gasteiger partial charge on any atom is 0.224 e. The molecule has 6 atom stereocenters. The van der Waals surface area contributed by atoms with E-state index >= 15 is 0 Å². The van der Waals surface area contributed by atoms with Crippen molar-refractivity contribution in [3.63, 3.8) is 0 Å². The fraction of sp³-hybridized carbons (Fsp3) is 0.667. The SMILES string of the molecule is C=CC(C=CNC(=O)CCC(O)C(CC)C1CCCC2CCC(C)OCC21)=CC=C(C)F. The van der Waals surface area contributed by atoms with Gasteiger partial charge in [-0.05, 0) is 80.9 Å². The molecule has 6 unspecified atom stereocenters. The Hall–Kier alpha value is -1.72. The van der Waals surface area contributed by atoms with Gasteiger partial charge < -0.3 is 15.2 Å². The molecule has 2 fully saturated rings. The van der Waals surface area contributed by atoms with Crippen LogP contribution in [-0.4, -0.2) is 29.8 Å². The molecule has 0 aromatic heterocycles. The summed E-state index contributed by atoms with van der Waals surface area (Å²) in [6, 6.07) is 0. The third-order valence-electron chi connectivity index (χ3n) is 7.23. The van der Waals surface area contributed by atoms with Gasteiger partial charge in [0.25, 0.3) is 0 Å². The van der Waals surface area contributed by atoms with Crippen LogP contribution in [0, 0.1) is 23.7 Å². The zero-order valence-corrected chi connectivity index (χ0v) is 20.1. The first-order valence-corrected chi connectivity index (χ1v) is 12.3. The van der Waals surface area contributed by atoms with Crippen LogP contribution in [0.5, 0.6) is 0 Å². The van der Waals surface area contributed by atoms with Crippen molar-refractivity contribution in [2.24, 2.45) is 23.7 Å². The summed E-state index contributed by atoms with van der Waals surface area (Å²) in [5.74, 6) is 1.47. The molecule has 32 heavy (non-hydrogen) atoms. The molecule has 0 radical (unpaired) electrons. The molecule has 2 aliphatic rings. The molecule has 0 bridgehead atoms. The molecule has 1 aliphatic heterocycles. The van der Waals surface area contributed by atoms with Crippen molar-refractivity contribution in [2.45, 2.75) is 84.3 Å². The number of ether oxygens (including phenoxy) is 1. The summed E-state index contributed by atoms with van der Waals surface area (Å²) in [5.41, 5.74) is 0.695. The van der Waals surface area contributed by atoms with Crippen molar-refractivity contribution in [1.29, 1.82) is 0 Å². The number of hydrogen-bond acceptors (Lipinski definition) is 3. The lowest BCUT2D eigenvalue weighted by Gasteiger charge is -2.42. The quantitative estimate of drug-likeness (QED) is 0.404. The van der Waals surface area contributed by atoms with Gasteiger partial charge >= 0.3 is 0 Å². The molecule has 1 saturated carbocycles. The van der Waals surface area contributed by atoms with E-state index in [-0.39, 0.29) is 24.1 Å². The lowest BCUT2D eigenvalue weighted by atomic mass is 9.64. The third-order valence-corrected chi connectivity index (χ3v) is 7.23. The predicted molar refractivity (Wildman–Crippen MR) is 128 cm³/mol. The second kappa shape index (κ2) is 13.7. The standard InChI is InChI=1S/C27H42FNO3/c1-5-21(12-10-19(3)28)16-17-29-27(31)15-14-26(30)23(6-2)24-9-7-8-22-13-11-20(4)32-18-25(22)24/h5,10,12,16-17,20,22-26,30H,1,6-9,11,13-15,18H2,2-4H3,(H,29,31). The number of fused-ring (bicyclic) bond motifs is 1. The highest BCUT2D eigenvalue weighted by Gasteiger charge is 2.40. The summed E-state index contributed by atoms with van der Waals surface area (Å²) in [6.45, 7) is 10.2. The molecule has 180 valence electrons. The maximum atomic E-state index is 12.8. The van der Waals surface area contributed by atoms with Crippen molar-refractivity contribution >= 4 is 5.91 Å². The molecule has 0 spiro atoms. The highest BCUT2D eigenvalue weighted by molar-refractivity contribution is 5.77. The zero-order chi connectivity index (χ0) is 23.5. The van der Waals surface area contributed by atoms with Crippen molar-refractivity contribution in [3.8, 4) is 0 Å². The number of hydrogen-bond donors (Lipinski definition) is 2. The van der Waals surface area contributed by atoms with Gasteiger partial charge in [0.05, 0.1) is 24.6 Å². The lowest BCUT2D eigenvalue weighted by molar-refractivity contribution is -0.121. The van der Waals surface area contributed by atoms with Crippen LogP contribution in [0.1, 0.15) is 72.1 Å². The van der Waals surface area contributed by atoms with E-state index in [9.17, 15) is 14.3 Å². The van der Waals surface area contributed by atoms with Gasteiger partial charge in [0, 0.05) is 12.6 Å². The molecule has 0 aromatic rings. The average Bonchev–Trinajstić information content (AvgIpc) is 2.97. The first kappa shape index (κ1) is 26.5. The number of allylic oxidation sites excluding steroid dienone is 6. The molecule has 1 saturated heterocycles. The van der Waals surface area contributed by atoms with Crippen LogP contribution in [0.2, 0.25) is 0 Å². The largest absolute Gasteiger partial charge is 0.393 e. The van der Waals surface area contributed by atoms with Crippen molar-refractivity contribution < 1.29 is 19.0 Å². The highest BCUT2D eigenvalue weighted by Crippen LogP contribution is 2.45. The monoisotopic (exact) mass is 447 g/mol. The van der Waals surface area contributed by atoms with Gasteiger partial charge in [-0.3, -0.25) is 4.79 Å². The first-order chi connectivity index (χ1) is 15.3. The lowest BCUT2D eigenvalue weighted by Crippen LogP contribution is -2.40. The average molecular weight is 448 g/mol.